The van der Waals surface area contributed by atoms with Crippen LogP contribution in [0.4, 0.5) is 0 Å². The summed E-state index contributed by atoms with van der Waals surface area (Å²) in [6, 6.07) is 9.45. The summed E-state index contributed by atoms with van der Waals surface area (Å²) in [4.78, 5) is 12.0. The molecule has 5 nitrogen and oxygen atoms in total. The van der Waals surface area contributed by atoms with Gasteiger partial charge in [-0.1, -0.05) is 18.2 Å². The number of phenols is 3. The van der Waals surface area contributed by atoms with Gasteiger partial charge in [-0.25, -0.2) is 0 Å². The van der Waals surface area contributed by atoms with Crippen molar-refractivity contribution in [2.24, 2.45) is 0 Å². The Hall–Kier alpha value is -2.95. The number of ether oxygens (including phenoxy) is 1. The molecule has 0 aliphatic heterocycles. The smallest absolute Gasteiger partial charge is 0.201 e. The van der Waals surface area contributed by atoms with Crippen molar-refractivity contribution in [3.63, 3.8) is 0 Å². The lowest BCUT2D eigenvalue weighted by Crippen LogP contribution is -1.95. The Morgan fingerprint density at radius 3 is 2.29 bits per heavy atom. The van der Waals surface area contributed by atoms with E-state index in [9.17, 15) is 20.1 Å². The average Bonchev–Trinajstić information content (AvgIpc) is 2.51. The van der Waals surface area contributed by atoms with E-state index < -0.39 is 23.0 Å². The standard InChI is InChI=1S/C16H14O5/c1-21-11-5-2-10(3-6-11)4-8-13(17)12-7-9-14(18)16(20)15(12)19/h2-9,18-20H,1H3. The molecule has 0 fully saturated rings. The largest absolute Gasteiger partial charge is 0.504 e. The minimum atomic E-state index is -0.710. The van der Waals surface area contributed by atoms with Crippen molar-refractivity contribution >= 4 is 11.9 Å². The maximum Gasteiger partial charge on any atom is 0.201 e. The first-order chi connectivity index (χ1) is 10.0. The lowest BCUT2D eigenvalue weighted by Gasteiger charge is -2.04. The summed E-state index contributed by atoms with van der Waals surface area (Å²) in [5.74, 6) is -1.61. The van der Waals surface area contributed by atoms with Crippen LogP contribution in [-0.2, 0) is 0 Å². The van der Waals surface area contributed by atoms with E-state index in [1.54, 1.807) is 37.5 Å². The van der Waals surface area contributed by atoms with Crippen LogP contribution in [-0.4, -0.2) is 28.2 Å². The lowest BCUT2D eigenvalue weighted by molar-refractivity contribution is 0.104. The van der Waals surface area contributed by atoms with Crippen LogP contribution in [0.1, 0.15) is 15.9 Å². The van der Waals surface area contributed by atoms with Gasteiger partial charge in [0, 0.05) is 0 Å². The second kappa shape index (κ2) is 6.00. The Morgan fingerprint density at radius 2 is 1.67 bits per heavy atom. The first-order valence-electron chi connectivity index (χ1n) is 6.13. The van der Waals surface area contributed by atoms with Crippen molar-refractivity contribution in [3.8, 4) is 23.0 Å². The van der Waals surface area contributed by atoms with E-state index in [0.29, 0.717) is 5.75 Å². The normalized spacial score (nSPS) is 10.7. The average molecular weight is 286 g/mol. The van der Waals surface area contributed by atoms with Gasteiger partial charge in [-0.3, -0.25) is 4.79 Å². The van der Waals surface area contributed by atoms with Crippen LogP contribution in [0.15, 0.2) is 42.5 Å². The number of hydrogen-bond donors (Lipinski definition) is 3. The number of hydrogen-bond acceptors (Lipinski definition) is 5. The van der Waals surface area contributed by atoms with Crippen LogP contribution in [0.3, 0.4) is 0 Å². The van der Waals surface area contributed by atoms with Crippen molar-refractivity contribution in [2.45, 2.75) is 0 Å². The minimum Gasteiger partial charge on any atom is -0.504 e. The van der Waals surface area contributed by atoms with Crippen molar-refractivity contribution in [3.05, 3.63) is 53.6 Å². The molecule has 0 aliphatic rings. The number of carbonyl (C=O) groups is 1. The molecule has 3 N–H and O–H groups in total. The second-order valence-corrected chi connectivity index (χ2v) is 4.30. The highest BCUT2D eigenvalue weighted by molar-refractivity contribution is 6.09. The number of ketones is 1. The van der Waals surface area contributed by atoms with Crippen LogP contribution in [0.2, 0.25) is 0 Å². The molecule has 2 rings (SSSR count). The van der Waals surface area contributed by atoms with Gasteiger partial charge in [0.1, 0.15) is 5.75 Å². The summed E-state index contributed by atoms with van der Waals surface area (Å²) in [7, 11) is 1.56. The summed E-state index contributed by atoms with van der Waals surface area (Å²) in [6.07, 6.45) is 2.85. The van der Waals surface area contributed by atoms with Gasteiger partial charge in [0.2, 0.25) is 5.75 Å². The minimum absolute atomic E-state index is 0.0879. The summed E-state index contributed by atoms with van der Waals surface area (Å²) < 4.78 is 5.03. The third-order valence-electron chi connectivity index (χ3n) is 2.94. The highest BCUT2D eigenvalue weighted by Crippen LogP contribution is 2.37. The molecule has 0 aliphatic carbocycles. The van der Waals surface area contributed by atoms with E-state index in [0.717, 1.165) is 11.6 Å². The number of methoxy groups -OCH3 is 1. The van der Waals surface area contributed by atoms with Gasteiger partial charge >= 0.3 is 0 Å². The Balaban J connectivity index is 2.21. The first-order valence-corrected chi connectivity index (χ1v) is 6.13. The van der Waals surface area contributed by atoms with E-state index >= 15 is 0 Å². The van der Waals surface area contributed by atoms with E-state index in [-0.39, 0.29) is 5.56 Å². The van der Waals surface area contributed by atoms with Crippen LogP contribution in [0.25, 0.3) is 6.08 Å². The van der Waals surface area contributed by atoms with Crippen molar-refractivity contribution in [2.75, 3.05) is 7.11 Å². The topological polar surface area (TPSA) is 87.0 Å². The van der Waals surface area contributed by atoms with Gasteiger partial charge in [0.05, 0.1) is 12.7 Å². The molecule has 0 saturated carbocycles. The zero-order valence-corrected chi connectivity index (χ0v) is 11.3. The fraction of sp³-hybridized carbons (Fsp3) is 0.0625. The summed E-state index contributed by atoms with van der Waals surface area (Å²) >= 11 is 0. The fourth-order valence-corrected chi connectivity index (χ4v) is 1.74. The molecule has 2 aromatic carbocycles. The number of allylic oxidation sites excluding steroid dienone is 1. The zero-order valence-electron chi connectivity index (χ0n) is 11.3. The van der Waals surface area contributed by atoms with Crippen LogP contribution >= 0.6 is 0 Å². The Kier molecular flexibility index (Phi) is 4.13. The van der Waals surface area contributed by atoms with E-state index in [1.165, 1.54) is 12.1 Å². The summed E-state index contributed by atoms with van der Waals surface area (Å²) in [5.41, 5.74) is 0.696. The van der Waals surface area contributed by atoms with Crippen LogP contribution < -0.4 is 4.74 Å². The zero-order chi connectivity index (χ0) is 15.4. The van der Waals surface area contributed by atoms with Crippen molar-refractivity contribution in [1.82, 2.24) is 0 Å². The third kappa shape index (κ3) is 3.14. The Morgan fingerprint density at radius 1 is 1.00 bits per heavy atom. The van der Waals surface area contributed by atoms with Gasteiger partial charge in [0.25, 0.3) is 0 Å². The van der Waals surface area contributed by atoms with Crippen molar-refractivity contribution < 1.29 is 24.9 Å². The third-order valence-corrected chi connectivity index (χ3v) is 2.94. The molecule has 5 heteroatoms. The summed E-state index contributed by atoms with van der Waals surface area (Å²) in [6.45, 7) is 0. The molecule has 0 amide bonds. The van der Waals surface area contributed by atoms with Gasteiger partial charge in [-0.2, -0.15) is 0 Å². The molecule has 0 heterocycles. The van der Waals surface area contributed by atoms with E-state index in [1.807, 2.05) is 0 Å². The number of aromatic hydroxyl groups is 3. The van der Waals surface area contributed by atoms with Gasteiger partial charge in [-0.05, 0) is 35.9 Å². The van der Waals surface area contributed by atoms with Gasteiger partial charge in [0.15, 0.2) is 17.3 Å². The molecule has 0 bridgehead atoms. The molecule has 2 aromatic rings. The molecule has 0 aromatic heterocycles. The van der Waals surface area contributed by atoms with Gasteiger partial charge in [-0.15, -0.1) is 0 Å². The molecule has 0 saturated heterocycles. The molecule has 0 atom stereocenters. The van der Waals surface area contributed by atoms with Crippen LogP contribution in [0.5, 0.6) is 23.0 Å². The van der Waals surface area contributed by atoms with E-state index in [2.05, 4.69) is 0 Å². The summed E-state index contributed by atoms with van der Waals surface area (Å²) in [5, 5.41) is 28.2. The maximum absolute atomic E-state index is 12.0. The molecule has 0 unspecified atom stereocenters. The number of rotatable bonds is 4. The number of phenolic OH excluding ortho intramolecular Hbond substituents is 3. The van der Waals surface area contributed by atoms with Crippen LogP contribution in [0, 0.1) is 0 Å². The number of benzene rings is 2. The SMILES string of the molecule is COc1ccc(C=CC(=O)c2ccc(O)c(O)c2O)cc1. The number of carbonyl (C=O) groups excluding carboxylic acids is 1. The molecule has 0 radical (unpaired) electrons. The quantitative estimate of drug-likeness (QED) is 0.457. The Labute approximate surface area is 121 Å². The molecule has 108 valence electrons. The molecule has 0 spiro atoms. The predicted molar refractivity (Wildman–Crippen MR) is 77.8 cm³/mol. The first kappa shape index (κ1) is 14.5. The lowest BCUT2D eigenvalue weighted by atomic mass is 10.1. The molecular weight excluding hydrogens is 272 g/mol. The monoisotopic (exact) mass is 286 g/mol. The highest BCUT2D eigenvalue weighted by Gasteiger charge is 2.15. The van der Waals surface area contributed by atoms with Crippen molar-refractivity contribution in [1.29, 1.82) is 0 Å². The predicted octanol–water partition coefficient (Wildman–Crippen LogP) is 2.71. The fourth-order valence-electron chi connectivity index (χ4n) is 1.74. The Bertz CT molecular complexity index is 687. The highest BCUT2D eigenvalue weighted by atomic mass is 16.5. The second-order valence-electron chi connectivity index (χ2n) is 4.30. The van der Waals surface area contributed by atoms with Gasteiger partial charge < -0.3 is 20.1 Å². The molecular formula is C16H14O5. The van der Waals surface area contributed by atoms with E-state index in [4.69, 9.17) is 4.74 Å². The molecule has 21 heavy (non-hydrogen) atoms. The maximum atomic E-state index is 12.0.